The van der Waals surface area contributed by atoms with Gasteiger partial charge in [-0.2, -0.15) is 0 Å². The van der Waals surface area contributed by atoms with E-state index in [-0.39, 0.29) is 0 Å². The quantitative estimate of drug-likeness (QED) is 0.580. The smallest absolute Gasteiger partial charge is 0.122 e. The Balaban J connectivity index is 2.21. The van der Waals surface area contributed by atoms with E-state index in [9.17, 15) is 0 Å². The fraction of sp³-hybridized carbons (Fsp3) is 0.409. The van der Waals surface area contributed by atoms with Gasteiger partial charge in [-0.05, 0) is 54.5 Å². The number of benzene rings is 2. The molecule has 134 valence electrons. The first kappa shape index (κ1) is 19.5. The number of ether oxygens (including phenoxy) is 1. The molecule has 2 rings (SSSR count). The maximum Gasteiger partial charge on any atom is 0.122 e. The Morgan fingerprint density at radius 1 is 1.12 bits per heavy atom. The van der Waals surface area contributed by atoms with Crippen LogP contribution < -0.4 is 10.1 Å². The first-order chi connectivity index (χ1) is 11.9. The van der Waals surface area contributed by atoms with Crippen LogP contribution in [0.5, 0.6) is 5.75 Å². The molecule has 0 saturated carbocycles. The van der Waals surface area contributed by atoms with Gasteiger partial charge in [0.1, 0.15) is 12.4 Å². The molecular formula is C22H29NOS. The van der Waals surface area contributed by atoms with Crippen LogP contribution in [-0.2, 0) is 13.0 Å². The van der Waals surface area contributed by atoms with Crippen LogP contribution in [0, 0.1) is 6.92 Å². The lowest BCUT2D eigenvalue weighted by Gasteiger charge is -2.17. The lowest BCUT2D eigenvalue weighted by Crippen LogP contribution is -2.11. The van der Waals surface area contributed by atoms with E-state index in [1.807, 2.05) is 0 Å². The highest BCUT2D eigenvalue weighted by Crippen LogP contribution is 2.26. The first-order valence-electron chi connectivity index (χ1n) is 9.09. The number of hydrogen-bond acceptors (Lipinski definition) is 2. The molecular weight excluding hydrogens is 326 g/mol. The number of thiocarbonyl (C=S) groups is 1. The third-order valence-corrected chi connectivity index (χ3v) is 4.82. The van der Waals surface area contributed by atoms with Gasteiger partial charge in [-0.3, -0.25) is 0 Å². The van der Waals surface area contributed by atoms with Crippen molar-refractivity contribution in [1.29, 1.82) is 0 Å². The van der Waals surface area contributed by atoms with Crippen LogP contribution in [0.4, 0.5) is 5.69 Å². The van der Waals surface area contributed by atoms with Gasteiger partial charge in [-0.1, -0.05) is 64.2 Å². The molecule has 25 heavy (non-hydrogen) atoms. The topological polar surface area (TPSA) is 21.3 Å². The van der Waals surface area contributed by atoms with E-state index in [1.165, 1.54) is 16.7 Å². The van der Waals surface area contributed by atoms with Crippen molar-refractivity contribution in [2.75, 3.05) is 5.32 Å². The third kappa shape index (κ3) is 5.30. The maximum atomic E-state index is 6.10. The number of nitrogens with one attached hydrogen (secondary N) is 1. The van der Waals surface area contributed by atoms with Crippen molar-refractivity contribution in [3.63, 3.8) is 0 Å². The highest BCUT2D eigenvalue weighted by Gasteiger charge is 2.09. The highest BCUT2D eigenvalue weighted by atomic mass is 32.1. The van der Waals surface area contributed by atoms with Gasteiger partial charge in [0.25, 0.3) is 0 Å². The molecule has 0 amide bonds. The fourth-order valence-electron chi connectivity index (χ4n) is 2.68. The molecule has 0 radical (unpaired) electrons. The molecule has 0 fully saturated rings. The Hall–Kier alpha value is -1.87. The van der Waals surface area contributed by atoms with E-state index in [2.05, 4.69) is 76.3 Å². The minimum absolute atomic E-state index is 0.481. The molecule has 0 atom stereocenters. The molecule has 0 saturated heterocycles. The molecule has 0 aromatic heterocycles. The monoisotopic (exact) mass is 355 g/mol. The number of anilines is 1. The van der Waals surface area contributed by atoms with Gasteiger partial charge in [-0.15, -0.1) is 0 Å². The molecule has 2 aromatic carbocycles. The zero-order chi connectivity index (χ0) is 18.4. The highest BCUT2D eigenvalue weighted by molar-refractivity contribution is 7.80. The van der Waals surface area contributed by atoms with Gasteiger partial charge in [0, 0.05) is 11.3 Å². The average Bonchev–Trinajstić information content (AvgIpc) is 2.61. The summed E-state index contributed by atoms with van der Waals surface area (Å²) in [7, 11) is 0. The summed E-state index contributed by atoms with van der Waals surface area (Å²) in [6.45, 7) is 11.3. The average molecular weight is 356 g/mol. The van der Waals surface area contributed by atoms with Crippen molar-refractivity contribution in [2.45, 2.75) is 60.0 Å². The SMILES string of the molecule is CCC(=S)Nc1cc(C(C)C)ccc1COc1ccc(CC)cc1C. The molecule has 0 aliphatic heterocycles. The number of aryl methyl sites for hydroxylation is 2. The standard InChI is InChI=1S/C22H29NOS/c1-6-17-8-11-21(16(5)12-17)24-14-19-10-9-18(15(3)4)13-20(19)23-22(25)7-2/h8-13,15H,6-7,14H2,1-5H3,(H,23,25). The molecule has 0 heterocycles. The summed E-state index contributed by atoms with van der Waals surface area (Å²) in [5, 5.41) is 3.38. The molecule has 0 bridgehead atoms. The van der Waals surface area contributed by atoms with Gasteiger partial charge >= 0.3 is 0 Å². The molecule has 2 nitrogen and oxygen atoms in total. The second kappa shape index (κ2) is 9.00. The van der Waals surface area contributed by atoms with E-state index >= 15 is 0 Å². The first-order valence-corrected chi connectivity index (χ1v) is 9.50. The predicted molar refractivity (Wildman–Crippen MR) is 112 cm³/mol. The Morgan fingerprint density at radius 3 is 2.48 bits per heavy atom. The van der Waals surface area contributed by atoms with Crippen molar-refractivity contribution in [3.05, 3.63) is 58.7 Å². The molecule has 1 N–H and O–H groups in total. The second-order valence-electron chi connectivity index (χ2n) is 6.72. The van der Waals surface area contributed by atoms with Crippen LogP contribution >= 0.6 is 12.2 Å². The molecule has 3 heteroatoms. The molecule has 0 aliphatic rings. The largest absolute Gasteiger partial charge is 0.489 e. The third-order valence-electron chi connectivity index (χ3n) is 4.43. The van der Waals surface area contributed by atoms with E-state index in [0.717, 1.165) is 34.8 Å². The summed E-state index contributed by atoms with van der Waals surface area (Å²) < 4.78 is 6.10. The molecule has 0 aliphatic carbocycles. The normalized spacial score (nSPS) is 10.8. The van der Waals surface area contributed by atoms with Crippen LogP contribution in [0.3, 0.4) is 0 Å². The van der Waals surface area contributed by atoms with Gasteiger partial charge in [0.2, 0.25) is 0 Å². The summed E-state index contributed by atoms with van der Waals surface area (Å²) in [6, 6.07) is 12.9. The van der Waals surface area contributed by atoms with Gasteiger partial charge in [0.15, 0.2) is 0 Å². The van der Waals surface area contributed by atoms with Gasteiger partial charge in [-0.25, -0.2) is 0 Å². The van der Waals surface area contributed by atoms with Crippen molar-refractivity contribution in [3.8, 4) is 5.75 Å². The Labute approximate surface area is 157 Å². The van der Waals surface area contributed by atoms with Crippen LogP contribution in [0.25, 0.3) is 0 Å². The number of hydrogen-bond donors (Lipinski definition) is 1. The molecule has 0 spiro atoms. The molecule has 2 aromatic rings. The lowest BCUT2D eigenvalue weighted by atomic mass is 10.00. The van der Waals surface area contributed by atoms with E-state index < -0.39 is 0 Å². The van der Waals surface area contributed by atoms with E-state index in [4.69, 9.17) is 17.0 Å². The van der Waals surface area contributed by atoms with Crippen molar-refractivity contribution < 1.29 is 4.74 Å². The summed E-state index contributed by atoms with van der Waals surface area (Å²) >= 11 is 5.38. The Bertz CT molecular complexity index is 737. The van der Waals surface area contributed by atoms with Crippen LogP contribution in [0.1, 0.15) is 62.3 Å². The Kier molecular flexibility index (Phi) is 7.01. The van der Waals surface area contributed by atoms with E-state index in [0.29, 0.717) is 12.5 Å². The van der Waals surface area contributed by atoms with Crippen molar-refractivity contribution in [1.82, 2.24) is 0 Å². The van der Waals surface area contributed by atoms with Gasteiger partial charge < -0.3 is 10.1 Å². The fourth-order valence-corrected chi connectivity index (χ4v) is 2.79. The lowest BCUT2D eigenvalue weighted by molar-refractivity contribution is 0.304. The van der Waals surface area contributed by atoms with Crippen molar-refractivity contribution in [2.24, 2.45) is 0 Å². The minimum atomic E-state index is 0.481. The Morgan fingerprint density at radius 2 is 1.88 bits per heavy atom. The zero-order valence-electron chi connectivity index (χ0n) is 16.0. The maximum absolute atomic E-state index is 6.10. The van der Waals surface area contributed by atoms with Crippen molar-refractivity contribution >= 4 is 22.9 Å². The van der Waals surface area contributed by atoms with Gasteiger partial charge in [0.05, 0.1) is 4.99 Å². The summed E-state index contributed by atoms with van der Waals surface area (Å²) in [5.74, 6) is 1.42. The summed E-state index contributed by atoms with van der Waals surface area (Å²) in [5.41, 5.74) is 5.99. The zero-order valence-corrected chi connectivity index (χ0v) is 16.8. The second-order valence-corrected chi connectivity index (χ2v) is 7.21. The summed E-state index contributed by atoms with van der Waals surface area (Å²) in [4.78, 5) is 0.852. The van der Waals surface area contributed by atoms with Crippen LogP contribution in [-0.4, -0.2) is 4.99 Å². The summed E-state index contributed by atoms with van der Waals surface area (Å²) in [6.07, 6.45) is 1.87. The predicted octanol–water partition coefficient (Wildman–Crippen LogP) is 6.41. The van der Waals surface area contributed by atoms with Crippen LogP contribution in [0.2, 0.25) is 0 Å². The minimum Gasteiger partial charge on any atom is -0.489 e. The molecule has 0 unspecified atom stereocenters. The van der Waals surface area contributed by atoms with Crippen LogP contribution in [0.15, 0.2) is 36.4 Å². The number of rotatable bonds is 7. The van der Waals surface area contributed by atoms with E-state index in [1.54, 1.807) is 0 Å².